The van der Waals surface area contributed by atoms with E-state index >= 15 is 0 Å². The minimum atomic E-state index is -1.32. The number of benzene rings is 1. The van der Waals surface area contributed by atoms with Crippen molar-refractivity contribution in [3.05, 3.63) is 35.4 Å². The maximum Gasteiger partial charge on any atom is 0.317 e. The largest absolute Gasteiger partial charge is 0.481 e. The molecular weight excluding hydrogens is 208 g/mol. The lowest BCUT2D eigenvalue weighted by Gasteiger charge is -2.07. The summed E-state index contributed by atoms with van der Waals surface area (Å²) in [6.45, 7) is 1.96. The van der Waals surface area contributed by atoms with Crippen molar-refractivity contribution >= 4 is 11.9 Å². The second-order valence-corrected chi connectivity index (χ2v) is 3.75. The summed E-state index contributed by atoms with van der Waals surface area (Å²) >= 11 is 0. The van der Waals surface area contributed by atoms with Crippen LogP contribution in [0.3, 0.4) is 0 Å². The van der Waals surface area contributed by atoms with Crippen LogP contribution in [0.2, 0.25) is 0 Å². The summed E-state index contributed by atoms with van der Waals surface area (Å²) in [6, 6.07) is 7.62. The van der Waals surface area contributed by atoms with Gasteiger partial charge in [0, 0.05) is 0 Å². The first-order chi connectivity index (χ1) is 7.50. The van der Waals surface area contributed by atoms with Gasteiger partial charge in [0.05, 0.1) is 0 Å². The monoisotopic (exact) mass is 222 g/mol. The average molecular weight is 222 g/mol. The molecule has 0 aliphatic carbocycles. The van der Waals surface area contributed by atoms with Crippen LogP contribution in [0.15, 0.2) is 24.3 Å². The molecule has 0 fully saturated rings. The second-order valence-electron chi connectivity index (χ2n) is 3.75. The van der Waals surface area contributed by atoms with Gasteiger partial charge in [-0.05, 0) is 25.3 Å². The molecule has 0 saturated carbocycles. The van der Waals surface area contributed by atoms with Gasteiger partial charge in [-0.1, -0.05) is 29.8 Å². The Morgan fingerprint density at radius 3 is 2.06 bits per heavy atom. The summed E-state index contributed by atoms with van der Waals surface area (Å²) in [4.78, 5) is 21.3. The smallest absolute Gasteiger partial charge is 0.317 e. The number of hydrogen-bond acceptors (Lipinski definition) is 2. The fraction of sp³-hybridized carbons (Fsp3) is 0.333. The fourth-order valence-corrected chi connectivity index (χ4v) is 1.42. The van der Waals surface area contributed by atoms with Gasteiger partial charge in [-0.25, -0.2) is 0 Å². The molecule has 16 heavy (non-hydrogen) atoms. The van der Waals surface area contributed by atoms with Crippen LogP contribution in [0.25, 0.3) is 0 Å². The van der Waals surface area contributed by atoms with Crippen molar-refractivity contribution in [2.24, 2.45) is 5.92 Å². The normalized spacial score (nSPS) is 10.4. The van der Waals surface area contributed by atoms with E-state index in [9.17, 15) is 9.59 Å². The molecule has 4 nitrogen and oxygen atoms in total. The van der Waals surface area contributed by atoms with Crippen LogP contribution in [0.1, 0.15) is 17.5 Å². The molecule has 0 unspecified atom stereocenters. The molecule has 0 amide bonds. The lowest BCUT2D eigenvalue weighted by Crippen LogP contribution is -2.23. The van der Waals surface area contributed by atoms with Crippen LogP contribution < -0.4 is 0 Å². The van der Waals surface area contributed by atoms with Gasteiger partial charge in [0.25, 0.3) is 0 Å². The van der Waals surface area contributed by atoms with Gasteiger partial charge in [0.15, 0.2) is 5.92 Å². The molecule has 0 radical (unpaired) electrons. The summed E-state index contributed by atoms with van der Waals surface area (Å²) in [6.07, 6.45) is 0.581. The first kappa shape index (κ1) is 12.2. The average Bonchev–Trinajstić information content (AvgIpc) is 2.20. The molecular formula is C12H14O4. The van der Waals surface area contributed by atoms with E-state index in [-0.39, 0.29) is 6.42 Å². The number of carbonyl (C=O) groups is 2. The fourth-order valence-electron chi connectivity index (χ4n) is 1.42. The Morgan fingerprint density at radius 2 is 1.62 bits per heavy atom. The van der Waals surface area contributed by atoms with Gasteiger partial charge in [-0.3, -0.25) is 9.59 Å². The lowest BCUT2D eigenvalue weighted by atomic mass is 9.99. The highest BCUT2D eigenvalue weighted by Crippen LogP contribution is 2.11. The quantitative estimate of drug-likeness (QED) is 0.744. The Kier molecular flexibility index (Phi) is 4.05. The van der Waals surface area contributed by atoms with Gasteiger partial charge < -0.3 is 10.2 Å². The molecule has 0 spiro atoms. The van der Waals surface area contributed by atoms with Crippen LogP contribution in [0.4, 0.5) is 0 Å². The zero-order valence-corrected chi connectivity index (χ0v) is 9.01. The maximum absolute atomic E-state index is 10.6. The molecule has 0 heterocycles. The van der Waals surface area contributed by atoms with Crippen molar-refractivity contribution in [1.29, 1.82) is 0 Å². The van der Waals surface area contributed by atoms with Crippen LogP contribution in [0.5, 0.6) is 0 Å². The van der Waals surface area contributed by atoms with Crippen molar-refractivity contribution in [2.75, 3.05) is 0 Å². The molecule has 0 saturated heterocycles. The Bertz CT molecular complexity index is 367. The van der Waals surface area contributed by atoms with Gasteiger partial charge in [-0.15, -0.1) is 0 Å². The van der Waals surface area contributed by atoms with Crippen LogP contribution in [-0.2, 0) is 16.0 Å². The highest BCUT2D eigenvalue weighted by atomic mass is 16.4. The van der Waals surface area contributed by atoms with Crippen LogP contribution in [0, 0.1) is 12.8 Å². The van der Waals surface area contributed by atoms with Gasteiger partial charge >= 0.3 is 11.9 Å². The summed E-state index contributed by atoms with van der Waals surface area (Å²) < 4.78 is 0. The molecule has 0 bridgehead atoms. The van der Waals surface area contributed by atoms with E-state index in [2.05, 4.69) is 0 Å². The third-order valence-corrected chi connectivity index (χ3v) is 2.44. The standard InChI is InChI=1S/C12H14O4/c1-8-2-4-9(5-3-8)6-7-10(11(13)14)12(15)16/h2-5,10H,6-7H2,1H3,(H,13,14)(H,15,16). The van der Waals surface area contributed by atoms with E-state index in [1.54, 1.807) is 0 Å². The van der Waals surface area contributed by atoms with Gasteiger partial charge in [-0.2, -0.15) is 0 Å². The third kappa shape index (κ3) is 3.38. The van der Waals surface area contributed by atoms with Gasteiger partial charge in [0.2, 0.25) is 0 Å². The first-order valence-corrected chi connectivity index (χ1v) is 5.02. The third-order valence-electron chi connectivity index (χ3n) is 2.44. The van der Waals surface area contributed by atoms with E-state index in [0.717, 1.165) is 11.1 Å². The number of aliphatic carboxylic acids is 2. The first-order valence-electron chi connectivity index (χ1n) is 5.02. The zero-order chi connectivity index (χ0) is 12.1. The summed E-state index contributed by atoms with van der Waals surface area (Å²) in [5.74, 6) is -3.87. The summed E-state index contributed by atoms with van der Waals surface area (Å²) in [7, 11) is 0. The Hall–Kier alpha value is -1.84. The topological polar surface area (TPSA) is 74.6 Å². The van der Waals surface area contributed by atoms with E-state index < -0.39 is 17.9 Å². The molecule has 4 heteroatoms. The van der Waals surface area contributed by atoms with Crippen molar-refractivity contribution in [3.63, 3.8) is 0 Å². The van der Waals surface area contributed by atoms with Crippen LogP contribution >= 0.6 is 0 Å². The second kappa shape index (κ2) is 5.30. The van der Waals surface area contributed by atoms with Crippen molar-refractivity contribution in [3.8, 4) is 0 Å². The minimum absolute atomic E-state index is 0.119. The highest BCUT2D eigenvalue weighted by Gasteiger charge is 2.24. The molecule has 2 N–H and O–H groups in total. The van der Waals surface area contributed by atoms with Crippen molar-refractivity contribution in [1.82, 2.24) is 0 Å². The van der Waals surface area contributed by atoms with E-state index in [0.29, 0.717) is 6.42 Å². The Balaban J connectivity index is 2.59. The molecule has 0 aromatic heterocycles. The van der Waals surface area contributed by atoms with E-state index in [1.165, 1.54) is 0 Å². The molecule has 0 atom stereocenters. The SMILES string of the molecule is Cc1ccc(CCC(C(=O)O)C(=O)O)cc1. The number of aryl methyl sites for hydroxylation is 2. The van der Waals surface area contributed by atoms with Gasteiger partial charge in [0.1, 0.15) is 0 Å². The van der Waals surface area contributed by atoms with E-state index in [4.69, 9.17) is 10.2 Å². The molecule has 1 aromatic rings. The number of hydrogen-bond donors (Lipinski definition) is 2. The lowest BCUT2D eigenvalue weighted by molar-refractivity contribution is -0.154. The zero-order valence-electron chi connectivity index (χ0n) is 9.01. The number of rotatable bonds is 5. The Morgan fingerprint density at radius 1 is 1.12 bits per heavy atom. The van der Waals surface area contributed by atoms with E-state index in [1.807, 2.05) is 31.2 Å². The Labute approximate surface area is 93.5 Å². The predicted molar refractivity (Wildman–Crippen MR) is 58.3 cm³/mol. The highest BCUT2D eigenvalue weighted by molar-refractivity contribution is 5.92. The van der Waals surface area contributed by atoms with Crippen molar-refractivity contribution < 1.29 is 19.8 Å². The predicted octanol–water partition coefficient (Wildman–Crippen LogP) is 1.71. The molecule has 1 rings (SSSR count). The summed E-state index contributed by atoms with van der Waals surface area (Å²) in [5, 5.41) is 17.4. The molecule has 86 valence electrons. The van der Waals surface area contributed by atoms with Crippen molar-refractivity contribution in [2.45, 2.75) is 19.8 Å². The molecule has 1 aromatic carbocycles. The molecule has 0 aliphatic heterocycles. The summed E-state index contributed by atoms with van der Waals surface area (Å²) in [5.41, 5.74) is 2.08. The number of carboxylic acid groups (broad SMARTS) is 2. The number of carboxylic acids is 2. The minimum Gasteiger partial charge on any atom is -0.481 e. The molecule has 0 aliphatic rings. The van der Waals surface area contributed by atoms with Crippen LogP contribution in [-0.4, -0.2) is 22.2 Å². The maximum atomic E-state index is 10.6.